The number of nitrogens with zero attached hydrogens (tertiary/aromatic N) is 2. The number of aromatic nitrogens is 1. The summed E-state index contributed by atoms with van der Waals surface area (Å²) in [5, 5.41) is 7.69. The number of thiazole rings is 1. The van der Waals surface area contributed by atoms with E-state index in [0.29, 0.717) is 33.4 Å². The van der Waals surface area contributed by atoms with Crippen LogP contribution in [-0.4, -0.2) is 46.2 Å². The van der Waals surface area contributed by atoms with E-state index in [9.17, 15) is 19.2 Å². The minimum atomic E-state index is -0.551. The van der Waals surface area contributed by atoms with Gasteiger partial charge in [-0.3, -0.25) is 24.1 Å². The smallest absolute Gasteiger partial charge is 0.265 e. The second-order valence-corrected chi connectivity index (χ2v) is 8.46. The van der Waals surface area contributed by atoms with Crippen molar-refractivity contribution in [3.05, 3.63) is 59.0 Å². The molecular weight excluding hydrogens is 444 g/mol. The third kappa shape index (κ3) is 3.85. The van der Waals surface area contributed by atoms with E-state index in [-0.39, 0.29) is 24.8 Å². The number of ether oxygens (including phenoxy) is 1. The maximum Gasteiger partial charge on any atom is 0.265 e. The van der Waals surface area contributed by atoms with Gasteiger partial charge in [-0.25, -0.2) is 4.98 Å². The van der Waals surface area contributed by atoms with Crippen molar-refractivity contribution in [3.8, 4) is 17.0 Å². The molecule has 5 rings (SSSR count). The first-order chi connectivity index (χ1) is 15.9. The number of nitrogens with one attached hydrogen (secondary N) is 2. The van der Waals surface area contributed by atoms with Gasteiger partial charge in [0.15, 0.2) is 11.2 Å². The molecule has 0 saturated carbocycles. The van der Waals surface area contributed by atoms with Gasteiger partial charge in [-0.15, -0.1) is 11.3 Å². The van der Waals surface area contributed by atoms with Gasteiger partial charge in [-0.1, -0.05) is 12.1 Å². The van der Waals surface area contributed by atoms with E-state index in [1.54, 1.807) is 48.7 Å². The maximum atomic E-state index is 12.4. The van der Waals surface area contributed by atoms with Crippen LogP contribution in [-0.2, 0) is 9.59 Å². The largest absolute Gasteiger partial charge is 0.479 e. The van der Waals surface area contributed by atoms with Crippen molar-refractivity contribution >= 4 is 45.8 Å². The van der Waals surface area contributed by atoms with Crippen LogP contribution in [0.25, 0.3) is 11.3 Å². The quantitative estimate of drug-likeness (QED) is 0.563. The summed E-state index contributed by atoms with van der Waals surface area (Å²) in [6.07, 6.45) is -0.592. The summed E-state index contributed by atoms with van der Waals surface area (Å²) in [4.78, 5) is 54.6. The monoisotopic (exact) mass is 462 g/mol. The van der Waals surface area contributed by atoms with Crippen molar-refractivity contribution in [1.82, 2.24) is 9.88 Å². The molecule has 9 nitrogen and oxygen atoms in total. The van der Waals surface area contributed by atoms with Gasteiger partial charge in [0.2, 0.25) is 5.91 Å². The van der Waals surface area contributed by atoms with Gasteiger partial charge < -0.3 is 15.4 Å². The Balaban J connectivity index is 1.22. The van der Waals surface area contributed by atoms with E-state index in [1.807, 2.05) is 6.07 Å². The van der Waals surface area contributed by atoms with Crippen LogP contribution >= 0.6 is 11.3 Å². The molecule has 0 radical (unpaired) electrons. The first kappa shape index (κ1) is 20.8. The molecule has 0 spiro atoms. The van der Waals surface area contributed by atoms with E-state index in [2.05, 4.69) is 15.6 Å². The van der Waals surface area contributed by atoms with E-state index < -0.39 is 17.9 Å². The molecule has 33 heavy (non-hydrogen) atoms. The number of rotatable bonds is 5. The van der Waals surface area contributed by atoms with E-state index in [0.717, 1.165) is 10.5 Å². The number of carbonyl (C=O) groups excluding carboxylic acids is 4. The van der Waals surface area contributed by atoms with Crippen LogP contribution in [0.3, 0.4) is 0 Å². The van der Waals surface area contributed by atoms with Crippen LogP contribution in [0.4, 0.5) is 10.8 Å². The SMILES string of the molecule is CC1Oc2ccc(-c3csc(NC(=O)CCN4C(=O)c5ccccc5C4=O)n3)cc2NC1=O. The van der Waals surface area contributed by atoms with Crippen LogP contribution in [0.5, 0.6) is 5.75 Å². The highest BCUT2D eigenvalue weighted by Crippen LogP contribution is 2.35. The average Bonchev–Trinajstić information content (AvgIpc) is 3.36. The Labute approximate surface area is 192 Å². The molecule has 2 aliphatic rings. The molecular formula is C23H18N4O5S. The predicted octanol–water partition coefficient (Wildman–Crippen LogP) is 3.15. The third-order valence-corrected chi connectivity index (χ3v) is 6.16. The Morgan fingerprint density at radius 3 is 2.61 bits per heavy atom. The lowest BCUT2D eigenvalue weighted by Crippen LogP contribution is -2.34. The predicted molar refractivity (Wildman–Crippen MR) is 121 cm³/mol. The highest BCUT2D eigenvalue weighted by atomic mass is 32.1. The van der Waals surface area contributed by atoms with Crippen molar-refractivity contribution in [1.29, 1.82) is 0 Å². The van der Waals surface area contributed by atoms with E-state index in [1.165, 1.54) is 11.3 Å². The molecule has 2 aliphatic heterocycles. The molecule has 2 N–H and O–H groups in total. The normalized spacial score (nSPS) is 16.7. The van der Waals surface area contributed by atoms with Gasteiger partial charge in [0.05, 0.1) is 22.5 Å². The van der Waals surface area contributed by atoms with Gasteiger partial charge in [0, 0.05) is 23.9 Å². The highest BCUT2D eigenvalue weighted by Gasteiger charge is 2.35. The first-order valence-electron chi connectivity index (χ1n) is 10.2. The minimum absolute atomic E-state index is 0.0145. The lowest BCUT2D eigenvalue weighted by molar-refractivity contribution is -0.122. The number of anilines is 2. The summed E-state index contributed by atoms with van der Waals surface area (Å²) >= 11 is 1.25. The summed E-state index contributed by atoms with van der Waals surface area (Å²) in [5.74, 6) is -0.769. The van der Waals surface area contributed by atoms with Crippen LogP contribution in [0, 0.1) is 0 Å². The van der Waals surface area contributed by atoms with E-state index >= 15 is 0 Å². The molecule has 166 valence electrons. The highest BCUT2D eigenvalue weighted by molar-refractivity contribution is 7.14. The molecule has 4 amide bonds. The average molecular weight is 462 g/mol. The van der Waals surface area contributed by atoms with Gasteiger partial charge in [0.25, 0.3) is 17.7 Å². The van der Waals surface area contributed by atoms with Gasteiger partial charge >= 0.3 is 0 Å². The van der Waals surface area contributed by atoms with Gasteiger partial charge in [0.1, 0.15) is 5.75 Å². The van der Waals surface area contributed by atoms with Crippen molar-refractivity contribution < 1.29 is 23.9 Å². The number of hydrogen-bond donors (Lipinski definition) is 2. The molecule has 1 atom stereocenters. The number of amides is 4. The lowest BCUT2D eigenvalue weighted by atomic mass is 10.1. The Kier molecular flexibility index (Phi) is 5.14. The third-order valence-electron chi connectivity index (χ3n) is 5.40. The van der Waals surface area contributed by atoms with Crippen LogP contribution in [0.1, 0.15) is 34.1 Å². The molecule has 0 aliphatic carbocycles. The maximum absolute atomic E-state index is 12.4. The molecule has 1 aromatic heterocycles. The van der Waals surface area contributed by atoms with Crippen molar-refractivity contribution in [2.45, 2.75) is 19.4 Å². The number of carbonyl (C=O) groups is 4. The summed E-state index contributed by atoms with van der Waals surface area (Å²) in [6, 6.07) is 12.0. The van der Waals surface area contributed by atoms with Crippen molar-refractivity contribution in [2.24, 2.45) is 0 Å². The molecule has 1 unspecified atom stereocenters. The number of hydrogen-bond acceptors (Lipinski definition) is 7. The molecule has 0 fully saturated rings. The molecule has 3 heterocycles. The van der Waals surface area contributed by atoms with Crippen LogP contribution in [0.2, 0.25) is 0 Å². The molecule has 0 bridgehead atoms. The zero-order valence-electron chi connectivity index (χ0n) is 17.5. The standard InChI is InChI=1S/C23H18N4O5S/c1-12-20(29)24-16-10-13(6-7-18(16)32-12)17-11-33-23(25-17)26-19(28)8-9-27-21(30)14-4-2-3-5-15(14)22(27)31/h2-7,10-12H,8-9H2,1H3,(H,24,29)(H,25,26,28). The Morgan fingerprint density at radius 2 is 1.88 bits per heavy atom. The molecule has 10 heteroatoms. The Bertz CT molecular complexity index is 1280. The Hall–Kier alpha value is -4.05. The summed E-state index contributed by atoms with van der Waals surface area (Å²) in [6.45, 7) is 1.66. The first-order valence-corrected chi connectivity index (χ1v) is 11.1. The fourth-order valence-corrected chi connectivity index (χ4v) is 4.41. The molecule has 3 aromatic rings. The molecule has 2 aromatic carbocycles. The minimum Gasteiger partial charge on any atom is -0.479 e. The van der Waals surface area contributed by atoms with Crippen LogP contribution < -0.4 is 15.4 Å². The second kappa shape index (κ2) is 8.14. The summed E-state index contributed by atoms with van der Waals surface area (Å²) in [5.41, 5.74) is 2.67. The van der Waals surface area contributed by atoms with Gasteiger partial charge in [-0.2, -0.15) is 0 Å². The van der Waals surface area contributed by atoms with Crippen molar-refractivity contribution in [3.63, 3.8) is 0 Å². The zero-order chi connectivity index (χ0) is 23.1. The number of benzene rings is 2. The summed E-state index contributed by atoms with van der Waals surface area (Å²) in [7, 11) is 0. The lowest BCUT2D eigenvalue weighted by Gasteiger charge is -2.23. The number of fused-ring (bicyclic) bond motifs is 2. The Morgan fingerprint density at radius 1 is 1.15 bits per heavy atom. The fourth-order valence-electron chi connectivity index (χ4n) is 3.67. The molecule has 0 saturated heterocycles. The van der Waals surface area contributed by atoms with Gasteiger partial charge in [-0.05, 0) is 37.3 Å². The second-order valence-electron chi connectivity index (χ2n) is 7.60. The number of imide groups is 1. The van der Waals surface area contributed by atoms with Crippen molar-refractivity contribution in [2.75, 3.05) is 17.2 Å². The van der Waals surface area contributed by atoms with E-state index in [4.69, 9.17) is 4.74 Å². The fraction of sp³-hybridized carbons (Fsp3) is 0.174. The van der Waals surface area contributed by atoms with Crippen LogP contribution in [0.15, 0.2) is 47.8 Å². The zero-order valence-corrected chi connectivity index (χ0v) is 18.3. The summed E-state index contributed by atoms with van der Waals surface area (Å²) < 4.78 is 5.56. The topological polar surface area (TPSA) is 118 Å².